The highest BCUT2D eigenvalue weighted by Gasteiger charge is 2.32. The zero-order chi connectivity index (χ0) is 16.2. The van der Waals surface area contributed by atoms with Gasteiger partial charge in [-0.05, 0) is 22.4 Å². The van der Waals surface area contributed by atoms with E-state index in [0.717, 1.165) is 28.1 Å². The summed E-state index contributed by atoms with van der Waals surface area (Å²) in [5.74, 6) is -1.37. The molecule has 1 fully saturated rings. The quantitative estimate of drug-likeness (QED) is 0.665. The lowest BCUT2D eigenvalue weighted by atomic mass is 10.1. The number of hydrogen-bond donors (Lipinski definition) is 2. The molecule has 6 nitrogen and oxygen atoms in total. The summed E-state index contributed by atoms with van der Waals surface area (Å²) in [4.78, 5) is 22.2. The van der Waals surface area contributed by atoms with Crippen molar-refractivity contribution < 1.29 is 14.7 Å². The average Bonchev–Trinajstić information content (AvgIpc) is 2.86. The van der Waals surface area contributed by atoms with Crippen LogP contribution in [0.3, 0.4) is 0 Å². The van der Waals surface area contributed by atoms with Crippen LogP contribution in [0.2, 0.25) is 0 Å². The normalized spacial score (nSPS) is 19.6. The number of rotatable bonds is 4. The van der Waals surface area contributed by atoms with Crippen molar-refractivity contribution >= 4 is 45.8 Å². The number of amidine groups is 1. The Morgan fingerprint density at radius 1 is 1.26 bits per heavy atom. The number of benzene rings is 2. The molecule has 1 saturated heterocycles. The van der Waals surface area contributed by atoms with Crippen molar-refractivity contribution in [2.24, 2.45) is 10.2 Å². The molecular weight excluding hydrogens is 314 g/mol. The summed E-state index contributed by atoms with van der Waals surface area (Å²) in [5, 5.41) is 21.1. The summed E-state index contributed by atoms with van der Waals surface area (Å²) in [6.45, 7) is 0. The first-order valence-corrected chi connectivity index (χ1v) is 7.79. The molecule has 0 spiro atoms. The highest BCUT2D eigenvalue weighted by Crippen LogP contribution is 2.22. The Hall–Kier alpha value is -2.67. The highest BCUT2D eigenvalue weighted by molar-refractivity contribution is 8.15. The van der Waals surface area contributed by atoms with Crippen molar-refractivity contribution in [1.29, 1.82) is 0 Å². The second kappa shape index (κ2) is 6.62. The Morgan fingerprint density at radius 3 is 2.83 bits per heavy atom. The topological polar surface area (TPSA) is 91.1 Å². The molecule has 1 heterocycles. The second-order valence-electron chi connectivity index (χ2n) is 4.95. The van der Waals surface area contributed by atoms with Gasteiger partial charge in [-0.3, -0.25) is 9.59 Å². The Balaban J connectivity index is 1.70. The lowest BCUT2D eigenvalue weighted by Gasteiger charge is -1.98. The molecule has 1 amide bonds. The van der Waals surface area contributed by atoms with E-state index in [9.17, 15) is 9.59 Å². The van der Waals surface area contributed by atoms with Crippen molar-refractivity contribution in [2.45, 2.75) is 11.7 Å². The first-order chi connectivity index (χ1) is 11.1. The molecule has 116 valence electrons. The number of thioether (sulfide) groups is 1. The summed E-state index contributed by atoms with van der Waals surface area (Å²) < 4.78 is 0. The minimum absolute atomic E-state index is 0.232. The molecule has 23 heavy (non-hydrogen) atoms. The van der Waals surface area contributed by atoms with E-state index in [2.05, 4.69) is 15.5 Å². The second-order valence-corrected chi connectivity index (χ2v) is 6.14. The number of aliphatic carboxylic acids is 1. The SMILES string of the molecule is O=C(O)CC1S/C(=N/N=C/c2ccc3ccccc3c2)NC1=O. The number of carboxylic acid groups (broad SMARTS) is 1. The number of carbonyl (C=O) groups is 2. The fraction of sp³-hybridized carbons (Fsp3) is 0.125. The summed E-state index contributed by atoms with van der Waals surface area (Å²) in [6.07, 6.45) is 1.36. The molecule has 0 radical (unpaired) electrons. The molecule has 2 aromatic carbocycles. The fourth-order valence-corrected chi connectivity index (χ4v) is 3.10. The number of nitrogens with zero attached hydrogens (tertiary/aromatic N) is 2. The lowest BCUT2D eigenvalue weighted by Crippen LogP contribution is -2.26. The minimum atomic E-state index is -1.02. The molecule has 0 saturated carbocycles. The fourth-order valence-electron chi connectivity index (χ4n) is 2.18. The molecular formula is C16H13N3O3S. The monoisotopic (exact) mass is 327 g/mol. The predicted molar refractivity (Wildman–Crippen MR) is 90.8 cm³/mol. The largest absolute Gasteiger partial charge is 0.481 e. The van der Waals surface area contributed by atoms with Crippen LogP contribution in [0.5, 0.6) is 0 Å². The van der Waals surface area contributed by atoms with E-state index in [1.165, 1.54) is 0 Å². The average molecular weight is 327 g/mol. The van der Waals surface area contributed by atoms with Crippen LogP contribution in [0.25, 0.3) is 10.8 Å². The van der Waals surface area contributed by atoms with E-state index in [1.807, 2.05) is 42.5 Å². The molecule has 3 rings (SSSR count). The molecule has 2 N–H and O–H groups in total. The molecule has 1 aliphatic heterocycles. The van der Waals surface area contributed by atoms with Gasteiger partial charge >= 0.3 is 5.97 Å². The summed E-state index contributed by atoms with van der Waals surface area (Å²) >= 11 is 1.08. The van der Waals surface area contributed by atoms with Crippen LogP contribution in [-0.4, -0.2) is 33.6 Å². The van der Waals surface area contributed by atoms with E-state index >= 15 is 0 Å². The standard InChI is InChI=1S/C16H13N3O3S/c20-14(21)8-13-15(22)18-16(23-13)19-17-9-10-5-6-11-3-1-2-4-12(11)7-10/h1-7,9,13H,8H2,(H,20,21)(H,18,19,22)/b17-9+. The highest BCUT2D eigenvalue weighted by atomic mass is 32.2. The maximum atomic E-state index is 11.6. The maximum absolute atomic E-state index is 11.6. The van der Waals surface area contributed by atoms with Crippen molar-refractivity contribution in [3.8, 4) is 0 Å². The van der Waals surface area contributed by atoms with Crippen LogP contribution in [-0.2, 0) is 9.59 Å². The lowest BCUT2D eigenvalue weighted by molar-refractivity contribution is -0.138. The molecule has 0 bridgehead atoms. The third-order valence-electron chi connectivity index (χ3n) is 3.27. The Labute approximate surface area is 136 Å². The van der Waals surface area contributed by atoms with E-state index in [4.69, 9.17) is 5.11 Å². The van der Waals surface area contributed by atoms with Crippen LogP contribution in [0, 0.1) is 0 Å². The minimum Gasteiger partial charge on any atom is -0.481 e. The molecule has 1 aliphatic rings. The summed E-state index contributed by atoms with van der Waals surface area (Å²) in [7, 11) is 0. The predicted octanol–water partition coefficient (Wildman–Crippen LogP) is 2.24. The first kappa shape index (κ1) is 15.2. The van der Waals surface area contributed by atoms with Gasteiger partial charge < -0.3 is 10.4 Å². The first-order valence-electron chi connectivity index (χ1n) is 6.91. The van der Waals surface area contributed by atoms with Crippen molar-refractivity contribution in [3.05, 3.63) is 48.0 Å². The van der Waals surface area contributed by atoms with E-state index in [-0.39, 0.29) is 12.3 Å². The number of nitrogens with one attached hydrogen (secondary N) is 1. The van der Waals surface area contributed by atoms with Gasteiger partial charge in [0.15, 0.2) is 5.17 Å². The summed E-state index contributed by atoms with van der Waals surface area (Å²) in [5.41, 5.74) is 0.893. The van der Waals surface area contributed by atoms with Gasteiger partial charge in [0, 0.05) is 0 Å². The molecule has 0 aromatic heterocycles. The zero-order valence-corrected chi connectivity index (χ0v) is 12.8. The van der Waals surface area contributed by atoms with Crippen LogP contribution in [0.4, 0.5) is 0 Å². The third kappa shape index (κ3) is 3.75. The van der Waals surface area contributed by atoms with Gasteiger partial charge in [0.05, 0.1) is 12.6 Å². The number of amides is 1. The molecule has 1 atom stereocenters. The smallest absolute Gasteiger partial charge is 0.305 e. The van der Waals surface area contributed by atoms with E-state index in [0.29, 0.717) is 5.17 Å². The van der Waals surface area contributed by atoms with Crippen molar-refractivity contribution in [1.82, 2.24) is 5.32 Å². The molecule has 7 heteroatoms. The number of hydrogen-bond acceptors (Lipinski definition) is 5. The molecule has 2 aromatic rings. The Kier molecular flexibility index (Phi) is 4.38. The summed E-state index contributed by atoms with van der Waals surface area (Å²) in [6, 6.07) is 13.9. The third-order valence-corrected chi connectivity index (χ3v) is 4.34. The van der Waals surface area contributed by atoms with E-state index < -0.39 is 11.2 Å². The van der Waals surface area contributed by atoms with Gasteiger partial charge in [-0.25, -0.2) is 0 Å². The molecule has 0 aliphatic carbocycles. The van der Waals surface area contributed by atoms with Crippen molar-refractivity contribution in [2.75, 3.05) is 0 Å². The number of fused-ring (bicyclic) bond motifs is 1. The Bertz CT molecular complexity index is 832. The van der Waals surface area contributed by atoms with Gasteiger partial charge in [0.1, 0.15) is 5.25 Å². The number of carboxylic acids is 1. The van der Waals surface area contributed by atoms with E-state index in [1.54, 1.807) is 6.21 Å². The Morgan fingerprint density at radius 2 is 2.04 bits per heavy atom. The maximum Gasteiger partial charge on any atom is 0.305 e. The van der Waals surface area contributed by atoms with Gasteiger partial charge in [-0.1, -0.05) is 48.2 Å². The number of carbonyl (C=O) groups excluding carboxylic acids is 1. The van der Waals surface area contributed by atoms with Gasteiger partial charge in [0.2, 0.25) is 5.91 Å². The van der Waals surface area contributed by atoms with Crippen LogP contribution in [0.15, 0.2) is 52.7 Å². The zero-order valence-electron chi connectivity index (χ0n) is 12.0. The van der Waals surface area contributed by atoms with Crippen LogP contribution < -0.4 is 5.32 Å². The van der Waals surface area contributed by atoms with Crippen LogP contribution >= 0.6 is 11.8 Å². The van der Waals surface area contributed by atoms with Gasteiger partial charge in [-0.15, -0.1) is 5.10 Å². The van der Waals surface area contributed by atoms with Crippen LogP contribution in [0.1, 0.15) is 12.0 Å². The van der Waals surface area contributed by atoms with Gasteiger partial charge in [0.25, 0.3) is 0 Å². The molecule has 1 unspecified atom stereocenters. The van der Waals surface area contributed by atoms with Gasteiger partial charge in [-0.2, -0.15) is 5.10 Å². The van der Waals surface area contributed by atoms with Crippen molar-refractivity contribution in [3.63, 3.8) is 0 Å².